The number of pyridine rings is 1. The average molecular weight is 332 g/mol. The Kier molecular flexibility index (Phi) is 4.34. The van der Waals surface area contributed by atoms with E-state index in [1.54, 1.807) is 24.2 Å². The predicted octanol–water partition coefficient (Wildman–Crippen LogP) is 1.09. The maximum Gasteiger partial charge on any atom is 0.257 e. The zero-order chi connectivity index (χ0) is 13.1. The first-order valence-electron chi connectivity index (χ1n) is 5.59. The molecule has 2 heterocycles. The minimum Gasteiger partial charge on any atom is -0.372 e. The molecule has 18 heavy (non-hydrogen) atoms. The van der Waals surface area contributed by atoms with Crippen LogP contribution >= 0.6 is 15.9 Å². The highest BCUT2D eigenvalue weighted by Gasteiger charge is 2.23. The van der Waals surface area contributed by atoms with Crippen LogP contribution in [0.3, 0.4) is 0 Å². The summed E-state index contributed by atoms with van der Waals surface area (Å²) < 4.78 is 12.1. The fourth-order valence-corrected chi connectivity index (χ4v) is 3.20. The molecule has 0 spiro atoms. The fourth-order valence-electron chi connectivity index (χ4n) is 1.81. The third kappa shape index (κ3) is 2.89. The number of hydrogen-bond donors (Lipinski definition) is 1. The van der Waals surface area contributed by atoms with Gasteiger partial charge in [-0.05, 0) is 22.0 Å². The highest BCUT2D eigenvalue weighted by molar-refractivity contribution is 9.10. The van der Waals surface area contributed by atoms with Crippen LogP contribution in [0.1, 0.15) is 10.4 Å². The van der Waals surface area contributed by atoms with Crippen LogP contribution in [0, 0.1) is 0 Å². The van der Waals surface area contributed by atoms with Crippen molar-refractivity contribution in [3.63, 3.8) is 0 Å². The van der Waals surface area contributed by atoms with Gasteiger partial charge < -0.3 is 10.2 Å². The first kappa shape index (κ1) is 13.5. The van der Waals surface area contributed by atoms with Gasteiger partial charge in [-0.3, -0.25) is 9.00 Å². The van der Waals surface area contributed by atoms with Crippen molar-refractivity contribution in [1.82, 2.24) is 9.88 Å². The number of carbonyl (C=O) groups excluding carboxylic acids is 1. The van der Waals surface area contributed by atoms with Crippen molar-refractivity contribution in [3.05, 3.63) is 22.3 Å². The molecule has 1 saturated heterocycles. The largest absolute Gasteiger partial charge is 0.372 e. The van der Waals surface area contributed by atoms with Crippen molar-refractivity contribution in [3.8, 4) is 0 Å². The van der Waals surface area contributed by atoms with E-state index in [1.165, 1.54) is 0 Å². The molecular weight excluding hydrogens is 318 g/mol. The Balaban J connectivity index is 2.22. The standard InChI is InChI=1S/C11H14BrN3O2S/c1-13-10-9(6-8(12)7-14-10)11(16)15-2-4-18(17)5-3-15/h6-7H,2-5H2,1H3,(H,13,14). The third-order valence-electron chi connectivity index (χ3n) is 2.79. The molecule has 1 aliphatic rings. The maximum absolute atomic E-state index is 12.4. The van der Waals surface area contributed by atoms with Crippen LogP contribution in [-0.4, -0.2) is 51.6 Å². The SMILES string of the molecule is CNc1ncc(Br)cc1C(=O)N1CCS(=O)CC1. The Hall–Kier alpha value is -0.950. The van der Waals surface area contributed by atoms with Gasteiger partial charge in [-0.1, -0.05) is 0 Å². The van der Waals surface area contributed by atoms with Crippen LogP contribution in [0.4, 0.5) is 5.82 Å². The van der Waals surface area contributed by atoms with Crippen LogP contribution in [0.2, 0.25) is 0 Å². The summed E-state index contributed by atoms with van der Waals surface area (Å²) in [4.78, 5) is 18.3. The average Bonchev–Trinajstić information content (AvgIpc) is 2.39. The lowest BCUT2D eigenvalue weighted by atomic mass is 10.2. The van der Waals surface area contributed by atoms with E-state index in [1.807, 2.05) is 0 Å². The van der Waals surface area contributed by atoms with E-state index in [4.69, 9.17) is 0 Å². The number of anilines is 1. The van der Waals surface area contributed by atoms with Crippen molar-refractivity contribution < 1.29 is 9.00 Å². The van der Waals surface area contributed by atoms with E-state index in [2.05, 4.69) is 26.2 Å². The molecule has 0 aromatic carbocycles. The summed E-state index contributed by atoms with van der Waals surface area (Å²) in [7, 11) is 0.955. The van der Waals surface area contributed by atoms with Crippen LogP contribution in [0.15, 0.2) is 16.7 Å². The summed E-state index contributed by atoms with van der Waals surface area (Å²) in [6, 6.07) is 1.76. The first-order chi connectivity index (χ1) is 8.61. The minimum absolute atomic E-state index is 0.0650. The second-order valence-corrected chi connectivity index (χ2v) is 6.55. The van der Waals surface area contributed by atoms with Gasteiger partial charge in [-0.2, -0.15) is 0 Å². The number of rotatable bonds is 2. The van der Waals surface area contributed by atoms with E-state index in [0.717, 1.165) is 4.47 Å². The summed E-state index contributed by atoms with van der Waals surface area (Å²) in [5, 5.41) is 2.91. The van der Waals surface area contributed by atoms with Crippen molar-refractivity contribution in [1.29, 1.82) is 0 Å². The lowest BCUT2D eigenvalue weighted by molar-refractivity contribution is 0.0772. The molecule has 1 amide bonds. The topological polar surface area (TPSA) is 62.3 Å². The van der Waals surface area contributed by atoms with Gasteiger partial charge in [0.05, 0.1) is 5.56 Å². The van der Waals surface area contributed by atoms with Crippen LogP contribution < -0.4 is 5.32 Å². The number of hydrogen-bond acceptors (Lipinski definition) is 4. The molecule has 5 nitrogen and oxygen atoms in total. The fraction of sp³-hybridized carbons (Fsp3) is 0.455. The maximum atomic E-state index is 12.4. The molecule has 1 aromatic rings. The lowest BCUT2D eigenvalue weighted by Crippen LogP contribution is -2.42. The Labute approximate surface area is 117 Å². The first-order valence-corrected chi connectivity index (χ1v) is 7.87. The summed E-state index contributed by atoms with van der Waals surface area (Å²) in [5.41, 5.74) is 0.541. The Morgan fingerprint density at radius 2 is 2.17 bits per heavy atom. The van der Waals surface area contributed by atoms with Crippen LogP contribution in [-0.2, 0) is 10.8 Å². The zero-order valence-electron chi connectivity index (χ0n) is 9.98. The van der Waals surface area contributed by atoms with Gasteiger partial charge in [-0.25, -0.2) is 4.98 Å². The van der Waals surface area contributed by atoms with Crippen molar-refractivity contribution in [2.45, 2.75) is 0 Å². The molecule has 98 valence electrons. The second kappa shape index (κ2) is 5.79. The van der Waals surface area contributed by atoms with Gasteiger partial charge >= 0.3 is 0 Å². The van der Waals surface area contributed by atoms with Gasteiger partial charge in [0.1, 0.15) is 5.82 Å². The van der Waals surface area contributed by atoms with Crippen LogP contribution in [0.25, 0.3) is 0 Å². The third-order valence-corrected chi connectivity index (χ3v) is 4.50. The van der Waals surface area contributed by atoms with Crippen molar-refractivity contribution in [2.24, 2.45) is 0 Å². The summed E-state index contributed by atoms with van der Waals surface area (Å²) in [5.74, 6) is 1.61. The van der Waals surface area contributed by atoms with Crippen molar-refractivity contribution >= 4 is 38.5 Å². The number of nitrogens with one attached hydrogen (secondary N) is 1. The summed E-state index contributed by atoms with van der Waals surface area (Å²) >= 11 is 3.32. The number of aromatic nitrogens is 1. The number of amides is 1. The highest BCUT2D eigenvalue weighted by Crippen LogP contribution is 2.20. The van der Waals surface area contributed by atoms with E-state index >= 15 is 0 Å². The van der Waals surface area contributed by atoms with Crippen molar-refractivity contribution in [2.75, 3.05) is 37.0 Å². The van der Waals surface area contributed by atoms with Gasteiger partial charge in [0.15, 0.2) is 0 Å². The number of nitrogens with zero attached hydrogens (tertiary/aromatic N) is 2. The molecule has 1 N–H and O–H groups in total. The molecule has 0 atom stereocenters. The molecule has 0 bridgehead atoms. The predicted molar refractivity (Wildman–Crippen MR) is 75.3 cm³/mol. The molecule has 0 unspecified atom stereocenters. The molecule has 0 radical (unpaired) electrons. The summed E-state index contributed by atoms with van der Waals surface area (Å²) in [6.07, 6.45) is 1.65. The smallest absolute Gasteiger partial charge is 0.257 e. The van der Waals surface area contributed by atoms with Gasteiger partial charge in [-0.15, -0.1) is 0 Å². The molecule has 0 saturated carbocycles. The van der Waals surface area contributed by atoms with Gasteiger partial charge in [0.25, 0.3) is 5.91 Å². The monoisotopic (exact) mass is 331 g/mol. The second-order valence-electron chi connectivity index (χ2n) is 3.94. The molecule has 1 aliphatic heterocycles. The zero-order valence-corrected chi connectivity index (χ0v) is 12.4. The Morgan fingerprint density at radius 1 is 1.50 bits per heavy atom. The molecular formula is C11H14BrN3O2S. The molecule has 0 aliphatic carbocycles. The Bertz CT molecular complexity index is 485. The number of halogens is 1. The van der Waals surface area contributed by atoms with Crippen LogP contribution in [0.5, 0.6) is 0 Å². The minimum atomic E-state index is -0.780. The lowest BCUT2D eigenvalue weighted by Gasteiger charge is -2.26. The quantitative estimate of drug-likeness (QED) is 0.881. The molecule has 7 heteroatoms. The normalized spacial score (nSPS) is 16.7. The number of carbonyl (C=O) groups is 1. The molecule has 2 rings (SSSR count). The summed E-state index contributed by atoms with van der Waals surface area (Å²) in [6.45, 7) is 1.09. The highest BCUT2D eigenvalue weighted by atomic mass is 79.9. The molecule has 1 fully saturated rings. The van der Waals surface area contributed by atoms with E-state index in [9.17, 15) is 9.00 Å². The van der Waals surface area contributed by atoms with E-state index < -0.39 is 10.8 Å². The van der Waals surface area contributed by atoms with E-state index in [-0.39, 0.29) is 5.91 Å². The molecule has 1 aromatic heterocycles. The van der Waals surface area contributed by atoms with Gasteiger partial charge in [0, 0.05) is 53.1 Å². The Morgan fingerprint density at radius 3 is 2.78 bits per heavy atom. The van der Waals surface area contributed by atoms with E-state index in [0.29, 0.717) is 36.0 Å². The van der Waals surface area contributed by atoms with Gasteiger partial charge in [0.2, 0.25) is 0 Å².